The molecule has 1 aliphatic rings. The molecule has 0 unspecified atom stereocenters. The molecule has 1 amide bonds. The smallest absolute Gasteiger partial charge is 0.255 e. The second-order valence-corrected chi connectivity index (χ2v) is 7.91. The third-order valence-electron chi connectivity index (χ3n) is 5.38. The summed E-state index contributed by atoms with van der Waals surface area (Å²) >= 11 is 5.98. The Kier molecular flexibility index (Phi) is 7.07. The van der Waals surface area contributed by atoms with Crippen molar-refractivity contribution in [3.05, 3.63) is 89.4 Å². The molecule has 0 atom stereocenters. The highest BCUT2D eigenvalue weighted by molar-refractivity contribution is 6.30. The third kappa shape index (κ3) is 5.78. The van der Waals surface area contributed by atoms with Crippen LogP contribution in [0.15, 0.2) is 78.9 Å². The predicted octanol–water partition coefficient (Wildman–Crippen LogP) is 4.68. The standard InChI is InChI=1S/C25H26ClN3O2/c26-20-10-12-21(13-11-20)29-18-16-28(17-19-29)15-14-27-25(30)23-8-4-5-9-24(23)31-22-6-2-1-3-7-22/h1-13H,14-19H2,(H,27,30). The van der Waals surface area contributed by atoms with Gasteiger partial charge in [-0.3, -0.25) is 9.69 Å². The minimum atomic E-state index is -0.119. The predicted molar refractivity (Wildman–Crippen MR) is 125 cm³/mol. The van der Waals surface area contributed by atoms with Crippen molar-refractivity contribution in [2.24, 2.45) is 0 Å². The SMILES string of the molecule is O=C(NCCN1CCN(c2ccc(Cl)cc2)CC1)c1ccccc1Oc1ccccc1. The topological polar surface area (TPSA) is 44.8 Å². The van der Waals surface area contributed by atoms with Crippen molar-refractivity contribution in [3.63, 3.8) is 0 Å². The number of nitrogens with zero attached hydrogens (tertiary/aromatic N) is 2. The Balaban J connectivity index is 1.25. The van der Waals surface area contributed by atoms with Gasteiger partial charge in [-0.05, 0) is 48.5 Å². The number of hydrogen-bond donors (Lipinski definition) is 1. The van der Waals surface area contributed by atoms with Crippen molar-refractivity contribution >= 4 is 23.2 Å². The van der Waals surface area contributed by atoms with E-state index in [1.165, 1.54) is 5.69 Å². The fraction of sp³-hybridized carbons (Fsp3) is 0.240. The molecule has 1 aliphatic heterocycles. The molecule has 0 aliphatic carbocycles. The van der Waals surface area contributed by atoms with Gasteiger partial charge >= 0.3 is 0 Å². The molecule has 0 spiro atoms. The number of rotatable bonds is 7. The minimum Gasteiger partial charge on any atom is -0.457 e. The molecule has 1 N–H and O–H groups in total. The fourth-order valence-electron chi connectivity index (χ4n) is 3.66. The van der Waals surface area contributed by atoms with Crippen LogP contribution in [0, 0.1) is 0 Å². The Bertz CT molecular complexity index is 987. The molecule has 160 valence electrons. The van der Waals surface area contributed by atoms with E-state index in [2.05, 4.69) is 27.2 Å². The molecular weight excluding hydrogens is 410 g/mol. The van der Waals surface area contributed by atoms with Crippen molar-refractivity contribution < 1.29 is 9.53 Å². The zero-order chi connectivity index (χ0) is 21.5. The van der Waals surface area contributed by atoms with Gasteiger partial charge in [0.05, 0.1) is 5.56 Å². The van der Waals surface area contributed by atoms with E-state index in [4.69, 9.17) is 16.3 Å². The van der Waals surface area contributed by atoms with Crippen LogP contribution in [-0.4, -0.2) is 50.1 Å². The van der Waals surface area contributed by atoms with Gasteiger partial charge in [-0.2, -0.15) is 0 Å². The van der Waals surface area contributed by atoms with Crippen LogP contribution in [-0.2, 0) is 0 Å². The third-order valence-corrected chi connectivity index (χ3v) is 5.63. The maximum Gasteiger partial charge on any atom is 0.255 e. The Morgan fingerprint density at radius 2 is 1.55 bits per heavy atom. The average Bonchev–Trinajstić information content (AvgIpc) is 2.81. The van der Waals surface area contributed by atoms with Crippen molar-refractivity contribution in [1.82, 2.24) is 10.2 Å². The van der Waals surface area contributed by atoms with E-state index in [-0.39, 0.29) is 5.91 Å². The molecule has 6 heteroatoms. The summed E-state index contributed by atoms with van der Waals surface area (Å²) < 4.78 is 5.90. The highest BCUT2D eigenvalue weighted by Gasteiger charge is 2.18. The van der Waals surface area contributed by atoms with Crippen LogP contribution in [0.25, 0.3) is 0 Å². The summed E-state index contributed by atoms with van der Waals surface area (Å²) in [5.41, 5.74) is 1.74. The van der Waals surface area contributed by atoms with Gasteiger partial charge in [0.25, 0.3) is 5.91 Å². The van der Waals surface area contributed by atoms with Gasteiger partial charge < -0.3 is 15.0 Å². The van der Waals surface area contributed by atoms with Crippen molar-refractivity contribution in [3.8, 4) is 11.5 Å². The zero-order valence-corrected chi connectivity index (χ0v) is 18.1. The number of anilines is 1. The van der Waals surface area contributed by atoms with Crippen molar-refractivity contribution in [2.75, 3.05) is 44.2 Å². The van der Waals surface area contributed by atoms with Gasteiger partial charge in [-0.15, -0.1) is 0 Å². The highest BCUT2D eigenvalue weighted by atomic mass is 35.5. The van der Waals surface area contributed by atoms with Gasteiger partial charge in [0, 0.05) is 50.0 Å². The van der Waals surface area contributed by atoms with E-state index in [1.54, 1.807) is 6.07 Å². The Morgan fingerprint density at radius 3 is 2.29 bits per heavy atom. The second-order valence-electron chi connectivity index (χ2n) is 7.47. The van der Waals surface area contributed by atoms with E-state index in [0.29, 0.717) is 23.6 Å². The molecular formula is C25H26ClN3O2. The lowest BCUT2D eigenvalue weighted by molar-refractivity contribution is 0.0945. The number of carbonyl (C=O) groups is 1. The Labute approximate surface area is 188 Å². The maximum atomic E-state index is 12.7. The summed E-state index contributed by atoms with van der Waals surface area (Å²) in [5, 5.41) is 3.79. The monoisotopic (exact) mass is 435 g/mol. The number of ether oxygens (including phenoxy) is 1. The van der Waals surface area contributed by atoms with Crippen LogP contribution >= 0.6 is 11.6 Å². The molecule has 1 fully saturated rings. The first-order chi connectivity index (χ1) is 15.2. The molecule has 31 heavy (non-hydrogen) atoms. The summed E-state index contributed by atoms with van der Waals surface area (Å²) in [6.45, 7) is 5.27. The molecule has 0 bridgehead atoms. The lowest BCUT2D eigenvalue weighted by Crippen LogP contribution is -2.48. The summed E-state index contributed by atoms with van der Waals surface area (Å²) in [5.74, 6) is 1.15. The first kappa shape index (κ1) is 21.2. The molecule has 0 aromatic heterocycles. The summed E-state index contributed by atoms with van der Waals surface area (Å²) in [4.78, 5) is 17.5. The second kappa shape index (κ2) is 10.3. The average molecular weight is 436 g/mol. The molecule has 0 saturated carbocycles. The first-order valence-electron chi connectivity index (χ1n) is 10.5. The highest BCUT2D eigenvalue weighted by Crippen LogP contribution is 2.25. The van der Waals surface area contributed by atoms with E-state index < -0.39 is 0 Å². The molecule has 3 aromatic carbocycles. The first-order valence-corrected chi connectivity index (χ1v) is 10.9. The van der Waals surface area contributed by atoms with Crippen LogP contribution in [0.1, 0.15) is 10.4 Å². The summed E-state index contributed by atoms with van der Waals surface area (Å²) in [6, 6.07) is 24.8. The number of carbonyl (C=O) groups excluding carboxylic acids is 1. The van der Waals surface area contributed by atoms with Crippen molar-refractivity contribution in [1.29, 1.82) is 0 Å². The molecule has 1 heterocycles. The van der Waals surface area contributed by atoms with Gasteiger partial charge in [0.15, 0.2) is 0 Å². The summed E-state index contributed by atoms with van der Waals surface area (Å²) in [6.07, 6.45) is 0. The molecule has 0 radical (unpaired) electrons. The van der Waals surface area contributed by atoms with E-state index in [9.17, 15) is 4.79 Å². The Hall–Kier alpha value is -3.02. The van der Waals surface area contributed by atoms with Gasteiger partial charge in [0.1, 0.15) is 11.5 Å². The normalized spacial score (nSPS) is 14.3. The Morgan fingerprint density at radius 1 is 0.871 bits per heavy atom. The number of hydrogen-bond acceptors (Lipinski definition) is 4. The zero-order valence-electron chi connectivity index (χ0n) is 17.3. The quantitative estimate of drug-likeness (QED) is 0.585. The molecule has 5 nitrogen and oxygen atoms in total. The fourth-order valence-corrected chi connectivity index (χ4v) is 3.79. The van der Waals surface area contributed by atoms with Crippen LogP contribution in [0.4, 0.5) is 5.69 Å². The molecule has 4 rings (SSSR count). The van der Waals surface area contributed by atoms with Gasteiger partial charge in [-0.25, -0.2) is 0 Å². The van der Waals surface area contributed by atoms with Crippen LogP contribution in [0.3, 0.4) is 0 Å². The van der Waals surface area contributed by atoms with Crippen LogP contribution < -0.4 is 15.0 Å². The number of halogens is 1. The lowest BCUT2D eigenvalue weighted by atomic mass is 10.2. The number of piperazine rings is 1. The number of nitrogens with one attached hydrogen (secondary N) is 1. The lowest BCUT2D eigenvalue weighted by Gasteiger charge is -2.36. The maximum absolute atomic E-state index is 12.7. The van der Waals surface area contributed by atoms with E-state index >= 15 is 0 Å². The van der Waals surface area contributed by atoms with Crippen molar-refractivity contribution in [2.45, 2.75) is 0 Å². The number of para-hydroxylation sites is 2. The molecule has 3 aromatic rings. The minimum absolute atomic E-state index is 0.119. The van der Waals surface area contributed by atoms with E-state index in [0.717, 1.165) is 37.7 Å². The van der Waals surface area contributed by atoms with Crippen LogP contribution in [0.2, 0.25) is 5.02 Å². The number of benzene rings is 3. The van der Waals surface area contributed by atoms with Gasteiger partial charge in [-0.1, -0.05) is 41.9 Å². The van der Waals surface area contributed by atoms with Crippen LogP contribution in [0.5, 0.6) is 11.5 Å². The van der Waals surface area contributed by atoms with Gasteiger partial charge in [0.2, 0.25) is 0 Å². The van der Waals surface area contributed by atoms with E-state index in [1.807, 2.05) is 60.7 Å². The summed E-state index contributed by atoms with van der Waals surface area (Å²) in [7, 11) is 0. The number of amides is 1. The molecule has 1 saturated heterocycles. The largest absolute Gasteiger partial charge is 0.457 e.